The summed E-state index contributed by atoms with van der Waals surface area (Å²) in [5, 5.41) is 20.0. The monoisotopic (exact) mass is 398 g/mol. The number of aromatic hydroxyl groups is 2. The minimum atomic E-state index is -1.07. The molecule has 148 valence electrons. The Morgan fingerprint density at radius 2 is 1.83 bits per heavy atom. The summed E-state index contributed by atoms with van der Waals surface area (Å²) in [6, 6.07) is 8.87. The molecular weight excluding hydrogens is 383 g/mol. The Morgan fingerprint density at radius 3 is 2.48 bits per heavy atom. The third kappa shape index (κ3) is 3.93. The number of hydrogen-bond acceptors (Lipinski definition) is 6. The third-order valence-electron chi connectivity index (χ3n) is 4.05. The number of rotatable bonds is 5. The second-order valence-corrected chi connectivity index (χ2v) is 5.90. The lowest BCUT2D eigenvalue weighted by atomic mass is 10.1. The highest BCUT2D eigenvalue weighted by molar-refractivity contribution is 6.08. The van der Waals surface area contributed by atoms with Crippen LogP contribution >= 0.6 is 0 Å². The third-order valence-corrected chi connectivity index (χ3v) is 4.05. The molecule has 0 saturated heterocycles. The number of phenols is 1. The number of H-pyrrole nitrogens is 1. The number of ether oxygens (including phenoxy) is 1. The van der Waals surface area contributed by atoms with Crippen molar-refractivity contribution in [1.29, 1.82) is 0 Å². The van der Waals surface area contributed by atoms with Crippen molar-refractivity contribution in [2.45, 2.75) is 0 Å². The van der Waals surface area contributed by atoms with Crippen LogP contribution in [0.4, 0.5) is 4.39 Å². The number of phenolic OH excluding ortho intramolecular Hbond substituents is 1. The molecule has 0 aliphatic rings. The summed E-state index contributed by atoms with van der Waals surface area (Å²) in [7, 11) is 1.37. The van der Waals surface area contributed by atoms with Crippen LogP contribution in [0.25, 0.3) is 11.8 Å². The van der Waals surface area contributed by atoms with Crippen LogP contribution in [0.3, 0.4) is 0 Å². The van der Waals surface area contributed by atoms with Gasteiger partial charge in [-0.15, -0.1) is 0 Å². The fourth-order valence-corrected chi connectivity index (χ4v) is 2.63. The van der Waals surface area contributed by atoms with Crippen LogP contribution < -0.4 is 16.0 Å². The molecule has 0 saturated carbocycles. The quantitative estimate of drug-likeness (QED) is 0.446. The van der Waals surface area contributed by atoms with Gasteiger partial charge in [0.05, 0.1) is 12.8 Å². The summed E-state index contributed by atoms with van der Waals surface area (Å²) < 4.78 is 18.8. The van der Waals surface area contributed by atoms with Crippen molar-refractivity contribution in [3.8, 4) is 23.1 Å². The zero-order chi connectivity index (χ0) is 21.1. The number of hydrogen-bond donors (Lipinski definition) is 3. The number of ketones is 1. The Kier molecular flexibility index (Phi) is 5.31. The molecule has 3 rings (SSSR count). The maximum absolute atomic E-state index is 13.1. The summed E-state index contributed by atoms with van der Waals surface area (Å²) in [4.78, 5) is 38.7. The van der Waals surface area contributed by atoms with E-state index in [0.717, 1.165) is 18.2 Å². The van der Waals surface area contributed by atoms with Crippen LogP contribution in [0.1, 0.15) is 15.9 Å². The zero-order valence-corrected chi connectivity index (χ0v) is 15.0. The molecule has 2 aromatic carbocycles. The van der Waals surface area contributed by atoms with E-state index in [1.807, 2.05) is 4.98 Å². The van der Waals surface area contributed by atoms with Crippen molar-refractivity contribution in [3.63, 3.8) is 0 Å². The number of methoxy groups -OCH3 is 1. The number of carbonyl (C=O) groups is 1. The molecule has 0 radical (unpaired) electrons. The van der Waals surface area contributed by atoms with Crippen molar-refractivity contribution in [2.75, 3.05) is 7.11 Å². The van der Waals surface area contributed by atoms with E-state index in [1.165, 1.54) is 43.5 Å². The van der Waals surface area contributed by atoms with E-state index in [0.29, 0.717) is 10.1 Å². The van der Waals surface area contributed by atoms with Gasteiger partial charge in [0.2, 0.25) is 5.88 Å². The highest BCUT2D eigenvalue weighted by Crippen LogP contribution is 2.27. The number of benzene rings is 2. The fraction of sp³-hybridized carbons (Fsp3) is 0.0500. The molecule has 0 unspecified atom stereocenters. The second kappa shape index (κ2) is 7.85. The SMILES string of the molecule is COc1cc(/C=C/C(=O)c2c(O)n(-c3ccc(F)cc3)c(=O)[nH]c2=O)ccc1O. The number of allylic oxidation sites excluding steroid dienone is 1. The van der Waals surface area contributed by atoms with Gasteiger partial charge >= 0.3 is 5.69 Å². The van der Waals surface area contributed by atoms with E-state index < -0.39 is 34.3 Å². The van der Waals surface area contributed by atoms with Gasteiger partial charge < -0.3 is 14.9 Å². The first-order valence-electron chi connectivity index (χ1n) is 8.25. The molecule has 29 heavy (non-hydrogen) atoms. The van der Waals surface area contributed by atoms with Crippen LogP contribution in [-0.4, -0.2) is 32.7 Å². The lowest BCUT2D eigenvalue weighted by Crippen LogP contribution is -2.32. The molecule has 0 bridgehead atoms. The summed E-state index contributed by atoms with van der Waals surface area (Å²) in [5.74, 6) is -2.20. The van der Waals surface area contributed by atoms with Gasteiger partial charge in [-0.3, -0.25) is 14.6 Å². The molecular formula is C20H15FN2O6. The molecule has 0 spiro atoms. The fourth-order valence-electron chi connectivity index (χ4n) is 2.63. The predicted molar refractivity (Wildman–Crippen MR) is 102 cm³/mol. The number of carbonyl (C=O) groups excluding carboxylic acids is 1. The van der Waals surface area contributed by atoms with Crippen molar-refractivity contribution in [1.82, 2.24) is 9.55 Å². The van der Waals surface area contributed by atoms with Crippen molar-refractivity contribution < 1.29 is 24.1 Å². The molecule has 9 heteroatoms. The van der Waals surface area contributed by atoms with E-state index in [2.05, 4.69) is 0 Å². The van der Waals surface area contributed by atoms with Gasteiger partial charge in [0.15, 0.2) is 17.3 Å². The van der Waals surface area contributed by atoms with Crippen LogP contribution in [0.15, 0.2) is 58.1 Å². The maximum Gasteiger partial charge on any atom is 0.335 e. The van der Waals surface area contributed by atoms with Crippen LogP contribution in [0, 0.1) is 5.82 Å². The molecule has 0 aliphatic heterocycles. The van der Waals surface area contributed by atoms with E-state index in [1.54, 1.807) is 0 Å². The summed E-state index contributed by atoms with van der Waals surface area (Å²) in [6.45, 7) is 0. The molecule has 1 heterocycles. The number of nitrogens with zero attached hydrogens (tertiary/aromatic N) is 1. The summed E-state index contributed by atoms with van der Waals surface area (Å²) in [6.07, 6.45) is 2.37. The predicted octanol–water partition coefficient (Wildman–Crippen LogP) is 1.98. The minimum absolute atomic E-state index is 0.0615. The number of halogens is 1. The van der Waals surface area contributed by atoms with Gasteiger partial charge in [-0.2, -0.15) is 0 Å². The Bertz CT molecular complexity index is 1230. The molecule has 0 aliphatic carbocycles. The second-order valence-electron chi connectivity index (χ2n) is 5.90. The average molecular weight is 398 g/mol. The van der Waals surface area contributed by atoms with E-state index in [9.17, 15) is 29.0 Å². The standard InChI is InChI=1S/C20H15FN2O6/c1-29-16-10-11(2-8-14(16)24)3-9-15(25)17-18(26)22-20(28)23(19(17)27)13-6-4-12(21)5-7-13/h2-10,24,27H,1H3,(H,22,26,28)/b9-3+. The Labute approximate surface area is 162 Å². The largest absolute Gasteiger partial charge is 0.504 e. The van der Waals surface area contributed by atoms with Crippen molar-refractivity contribution in [3.05, 3.63) is 86.3 Å². The molecule has 8 nitrogen and oxygen atoms in total. The lowest BCUT2D eigenvalue weighted by molar-refractivity contribution is 0.104. The summed E-state index contributed by atoms with van der Waals surface area (Å²) in [5.41, 5.74) is -2.16. The first kappa shape index (κ1) is 19.6. The highest BCUT2D eigenvalue weighted by atomic mass is 19.1. The molecule has 3 aromatic rings. The molecule has 0 amide bonds. The van der Waals surface area contributed by atoms with Crippen LogP contribution in [-0.2, 0) is 0 Å². The first-order chi connectivity index (χ1) is 13.8. The topological polar surface area (TPSA) is 122 Å². The maximum atomic E-state index is 13.1. The molecule has 3 N–H and O–H groups in total. The van der Waals surface area contributed by atoms with E-state index >= 15 is 0 Å². The highest BCUT2D eigenvalue weighted by Gasteiger charge is 2.20. The number of aromatic amines is 1. The first-order valence-corrected chi connectivity index (χ1v) is 8.25. The summed E-state index contributed by atoms with van der Waals surface area (Å²) >= 11 is 0. The van der Waals surface area contributed by atoms with E-state index in [-0.39, 0.29) is 17.2 Å². The molecule has 1 aromatic heterocycles. The van der Waals surface area contributed by atoms with Gasteiger partial charge in [0.1, 0.15) is 11.4 Å². The van der Waals surface area contributed by atoms with Gasteiger partial charge in [0.25, 0.3) is 5.56 Å². The van der Waals surface area contributed by atoms with Crippen LogP contribution in [0.5, 0.6) is 17.4 Å². The average Bonchev–Trinajstić information content (AvgIpc) is 2.68. The normalized spacial score (nSPS) is 11.0. The zero-order valence-electron chi connectivity index (χ0n) is 15.0. The van der Waals surface area contributed by atoms with Crippen LogP contribution in [0.2, 0.25) is 0 Å². The Hall–Kier alpha value is -4.14. The van der Waals surface area contributed by atoms with Crippen molar-refractivity contribution >= 4 is 11.9 Å². The smallest absolute Gasteiger partial charge is 0.335 e. The van der Waals surface area contributed by atoms with Gasteiger partial charge in [-0.25, -0.2) is 13.8 Å². The Morgan fingerprint density at radius 1 is 1.14 bits per heavy atom. The number of nitrogens with one attached hydrogen (secondary N) is 1. The molecule has 0 fully saturated rings. The van der Waals surface area contributed by atoms with Gasteiger partial charge in [-0.05, 0) is 48.0 Å². The van der Waals surface area contributed by atoms with E-state index in [4.69, 9.17) is 4.74 Å². The lowest BCUT2D eigenvalue weighted by Gasteiger charge is -2.10. The van der Waals surface area contributed by atoms with Crippen molar-refractivity contribution in [2.24, 2.45) is 0 Å². The molecule has 0 atom stereocenters. The Balaban J connectivity index is 2.03. The minimum Gasteiger partial charge on any atom is -0.504 e. The number of aromatic nitrogens is 2. The van der Waals surface area contributed by atoms with Gasteiger partial charge in [0, 0.05) is 0 Å². The van der Waals surface area contributed by atoms with Gasteiger partial charge in [-0.1, -0.05) is 12.1 Å².